The number of ether oxygens (including phenoxy) is 1. The van der Waals surface area contributed by atoms with Crippen LogP contribution in [0.2, 0.25) is 0 Å². The Kier molecular flexibility index (Phi) is 13.5. The van der Waals surface area contributed by atoms with E-state index in [0.29, 0.717) is 19.3 Å². The van der Waals surface area contributed by atoms with Crippen LogP contribution in [-0.4, -0.2) is 41.6 Å². The number of allylic oxidation sites excluding steroid dienone is 2. The molecule has 1 aliphatic carbocycles. The zero-order valence-corrected chi connectivity index (χ0v) is 24.6. The quantitative estimate of drug-likeness (QED) is 0.122. The maximum absolute atomic E-state index is 13.5. The van der Waals surface area contributed by atoms with Crippen LogP contribution < -0.4 is 10.6 Å². The van der Waals surface area contributed by atoms with E-state index in [1.165, 1.54) is 0 Å². The Morgan fingerprint density at radius 3 is 2.24 bits per heavy atom. The van der Waals surface area contributed by atoms with Crippen LogP contribution in [0.4, 0.5) is 0 Å². The third-order valence-electron chi connectivity index (χ3n) is 8.03. The van der Waals surface area contributed by atoms with Crippen molar-refractivity contribution >= 4 is 17.8 Å². The Morgan fingerprint density at radius 2 is 1.62 bits per heavy atom. The highest BCUT2D eigenvalue weighted by atomic mass is 16.5. The summed E-state index contributed by atoms with van der Waals surface area (Å²) in [6.45, 7) is 7.52. The molecule has 0 unspecified atom stereocenters. The lowest BCUT2D eigenvalue weighted by Crippen LogP contribution is -2.50. The van der Waals surface area contributed by atoms with Crippen molar-refractivity contribution in [1.82, 2.24) is 10.6 Å². The molecule has 0 bridgehead atoms. The molecule has 0 spiro atoms. The summed E-state index contributed by atoms with van der Waals surface area (Å²) in [6, 6.07) is 19.3. The molecule has 7 nitrogen and oxygen atoms in total. The van der Waals surface area contributed by atoms with E-state index in [-0.39, 0.29) is 43.3 Å². The van der Waals surface area contributed by atoms with Gasteiger partial charge in [-0.15, -0.1) is 13.2 Å². The van der Waals surface area contributed by atoms with E-state index in [1.807, 2.05) is 66.7 Å². The Labute approximate surface area is 250 Å². The maximum atomic E-state index is 13.5. The SMILES string of the molecule is C=CCCC[C@H](Cc1ccccc1)C(=O)O[C@@H](CNC(=O)[C@H](CC=C)CC(=O)NC1(CO)CCCC1)c1ccccc1. The Balaban J connectivity index is 1.68. The molecule has 3 atom stereocenters. The summed E-state index contributed by atoms with van der Waals surface area (Å²) < 4.78 is 6.08. The van der Waals surface area contributed by atoms with Crippen LogP contribution in [-0.2, 0) is 25.5 Å². The second kappa shape index (κ2) is 17.3. The largest absolute Gasteiger partial charge is 0.455 e. The lowest BCUT2D eigenvalue weighted by Gasteiger charge is -2.29. The molecule has 2 aromatic carbocycles. The van der Waals surface area contributed by atoms with E-state index in [4.69, 9.17) is 4.74 Å². The minimum Gasteiger partial charge on any atom is -0.455 e. The molecule has 3 rings (SSSR count). The molecule has 0 aromatic heterocycles. The highest BCUT2D eigenvalue weighted by Gasteiger charge is 2.35. The second-order valence-corrected chi connectivity index (χ2v) is 11.3. The molecule has 1 saturated carbocycles. The van der Waals surface area contributed by atoms with Crippen LogP contribution in [0, 0.1) is 11.8 Å². The topological polar surface area (TPSA) is 105 Å². The van der Waals surface area contributed by atoms with Crippen molar-refractivity contribution in [2.24, 2.45) is 11.8 Å². The summed E-state index contributed by atoms with van der Waals surface area (Å²) in [6.07, 6.45) is 9.35. The van der Waals surface area contributed by atoms with Crippen molar-refractivity contribution in [2.75, 3.05) is 13.2 Å². The number of esters is 1. The second-order valence-electron chi connectivity index (χ2n) is 11.3. The molecule has 2 amide bonds. The Bertz CT molecular complexity index is 1140. The molecule has 0 saturated heterocycles. The zero-order valence-electron chi connectivity index (χ0n) is 24.6. The maximum Gasteiger partial charge on any atom is 0.309 e. The molecule has 7 heteroatoms. The van der Waals surface area contributed by atoms with E-state index in [9.17, 15) is 19.5 Å². The summed E-state index contributed by atoms with van der Waals surface area (Å²) in [7, 11) is 0. The number of hydrogen-bond acceptors (Lipinski definition) is 5. The van der Waals surface area contributed by atoms with Gasteiger partial charge < -0.3 is 20.5 Å². The van der Waals surface area contributed by atoms with E-state index >= 15 is 0 Å². The lowest BCUT2D eigenvalue weighted by atomic mass is 9.94. The average Bonchev–Trinajstić information content (AvgIpc) is 3.48. The molecule has 42 heavy (non-hydrogen) atoms. The van der Waals surface area contributed by atoms with Gasteiger partial charge >= 0.3 is 5.97 Å². The van der Waals surface area contributed by atoms with Crippen LogP contribution in [0.15, 0.2) is 86.0 Å². The van der Waals surface area contributed by atoms with Crippen molar-refractivity contribution in [3.63, 3.8) is 0 Å². The lowest BCUT2D eigenvalue weighted by molar-refractivity contribution is -0.155. The highest BCUT2D eigenvalue weighted by Crippen LogP contribution is 2.29. The zero-order chi connectivity index (χ0) is 30.2. The van der Waals surface area contributed by atoms with Gasteiger partial charge in [-0.25, -0.2) is 0 Å². The number of carbonyl (C=O) groups excluding carboxylic acids is 3. The molecule has 0 aliphatic heterocycles. The first-order chi connectivity index (χ1) is 20.4. The predicted octanol–water partition coefficient (Wildman–Crippen LogP) is 5.61. The van der Waals surface area contributed by atoms with Gasteiger partial charge in [-0.2, -0.15) is 0 Å². The molecular formula is C35H46N2O5. The van der Waals surface area contributed by atoms with Crippen LogP contribution >= 0.6 is 0 Å². The Hall–Kier alpha value is -3.71. The number of aliphatic hydroxyl groups is 1. The van der Waals surface area contributed by atoms with Crippen molar-refractivity contribution in [1.29, 1.82) is 0 Å². The van der Waals surface area contributed by atoms with Crippen LogP contribution in [0.25, 0.3) is 0 Å². The van der Waals surface area contributed by atoms with E-state index in [1.54, 1.807) is 6.08 Å². The highest BCUT2D eigenvalue weighted by molar-refractivity contribution is 5.86. The Morgan fingerprint density at radius 1 is 0.952 bits per heavy atom. The molecule has 0 radical (unpaired) electrons. The molecule has 0 heterocycles. The summed E-state index contributed by atoms with van der Waals surface area (Å²) in [5, 5.41) is 15.8. The first kappa shape index (κ1) is 32.8. The summed E-state index contributed by atoms with van der Waals surface area (Å²) in [5.74, 6) is -1.84. The first-order valence-corrected chi connectivity index (χ1v) is 15.1. The van der Waals surface area contributed by atoms with Gasteiger partial charge in [0.1, 0.15) is 6.10 Å². The minimum atomic E-state index is -0.685. The fraction of sp³-hybridized carbons (Fsp3) is 0.457. The number of amides is 2. The van der Waals surface area contributed by atoms with Gasteiger partial charge in [0.25, 0.3) is 0 Å². The minimum absolute atomic E-state index is 0.0160. The third-order valence-corrected chi connectivity index (χ3v) is 8.03. The van der Waals surface area contributed by atoms with E-state index in [0.717, 1.165) is 49.7 Å². The predicted molar refractivity (Wildman–Crippen MR) is 165 cm³/mol. The van der Waals surface area contributed by atoms with Gasteiger partial charge in [-0.3, -0.25) is 14.4 Å². The normalized spacial score (nSPS) is 16.0. The fourth-order valence-electron chi connectivity index (χ4n) is 5.61. The summed E-state index contributed by atoms with van der Waals surface area (Å²) in [5.41, 5.74) is 1.24. The van der Waals surface area contributed by atoms with Crippen LogP contribution in [0.1, 0.15) is 75.0 Å². The number of rotatable bonds is 18. The van der Waals surface area contributed by atoms with Crippen molar-refractivity contribution in [3.05, 3.63) is 97.1 Å². The number of carbonyl (C=O) groups is 3. The van der Waals surface area contributed by atoms with Crippen molar-refractivity contribution in [3.8, 4) is 0 Å². The van der Waals surface area contributed by atoms with Gasteiger partial charge in [0.2, 0.25) is 11.8 Å². The average molecular weight is 575 g/mol. The first-order valence-electron chi connectivity index (χ1n) is 15.1. The van der Waals surface area contributed by atoms with E-state index < -0.39 is 17.6 Å². The third kappa shape index (κ3) is 10.3. The van der Waals surface area contributed by atoms with Crippen molar-refractivity contribution in [2.45, 2.75) is 75.9 Å². The van der Waals surface area contributed by atoms with E-state index in [2.05, 4.69) is 23.8 Å². The number of benzene rings is 2. The van der Waals surface area contributed by atoms with Gasteiger partial charge in [-0.1, -0.05) is 85.7 Å². The van der Waals surface area contributed by atoms with Crippen molar-refractivity contribution < 1.29 is 24.2 Å². The number of unbranched alkanes of at least 4 members (excludes halogenated alkanes) is 1. The molecule has 226 valence electrons. The molecule has 2 aromatic rings. The van der Waals surface area contributed by atoms with Gasteiger partial charge in [-0.05, 0) is 56.1 Å². The standard InChI is InChI=1S/C35H46N2O5/c1-3-5-8-20-30(23-27-16-9-6-10-17-27)34(41)42-31(28-18-11-7-12-19-28)25-36-33(40)29(15-4-2)24-32(39)37-35(26-38)21-13-14-22-35/h3-4,6-7,9-12,16-19,29-31,38H,1-2,5,8,13-15,20-26H2,(H,36,40)(H,37,39)/t29-,30-,31+/m1/s1. The number of hydrogen-bond donors (Lipinski definition) is 3. The number of aliphatic hydroxyl groups excluding tert-OH is 1. The molecular weight excluding hydrogens is 528 g/mol. The summed E-state index contributed by atoms with van der Waals surface area (Å²) >= 11 is 0. The summed E-state index contributed by atoms with van der Waals surface area (Å²) in [4.78, 5) is 39.7. The molecule has 1 fully saturated rings. The van der Waals surface area contributed by atoms with Gasteiger partial charge in [0.15, 0.2) is 0 Å². The molecule has 3 N–H and O–H groups in total. The monoisotopic (exact) mass is 574 g/mol. The molecule has 1 aliphatic rings. The smallest absolute Gasteiger partial charge is 0.309 e. The van der Waals surface area contributed by atoms with Gasteiger partial charge in [0.05, 0.1) is 30.5 Å². The van der Waals surface area contributed by atoms with Crippen LogP contribution in [0.3, 0.4) is 0 Å². The van der Waals surface area contributed by atoms with Gasteiger partial charge in [0, 0.05) is 6.42 Å². The number of nitrogens with one attached hydrogen (secondary N) is 2. The fourth-order valence-corrected chi connectivity index (χ4v) is 5.61. The van der Waals surface area contributed by atoms with Crippen LogP contribution in [0.5, 0.6) is 0 Å².